The van der Waals surface area contributed by atoms with Gasteiger partial charge in [-0.15, -0.1) is 0 Å². The first kappa shape index (κ1) is 18.2. The average Bonchev–Trinajstić information content (AvgIpc) is 3.20. The number of amides is 1. The van der Waals surface area contributed by atoms with Crippen LogP contribution in [0.3, 0.4) is 0 Å². The molecule has 0 unspecified atom stereocenters. The maximum absolute atomic E-state index is 13.7. The summed E-state index contributed by atoms with van der Waals surface area (Å²) in [6.07, 6.45) is 4.32. The van der Waals surface area contributed by atoms with Gasteiger partial charge in [0.2, 0.25) is 15.9 Å². The predicted molar refractivity (Wildman–Crippen MR) is 83.6 cm³/mol. The Labute approximate surface area is 144 Å². The molecule has 2 aliphatic rings. The van der Waals surface area contributed by atoms with Crippen molar-refractivity contribution in [3.63, 3.8) is 0 Å². The maximum atomic E-state index is 13.7. The van der Waals surface area contributed by atoms with Gasteiger partial charge in [-0.05, 0) is 30.9 Å². The van der Waals surface area contributed by atoms with Crippen LogP contribution in [0.1, 0.15) is 32.1 Å². The van der Waals surface area contributed by atoms with E-state index < -0.39 is 32.4 Å². The van der Waals surface area contributed by atoms with Crippen LogP contribution in [0.5, 0.6) is 0 Å². The van der Waals surface area contributed by atoms with E-state index in [1.54, 1.807) is 4.90 Å². The second kappa shape index (κ2) is 6.95. The molecule has 138 valence electrons. The summed E-state index contributed by atoms with van der Waals surface area (Å²) in [6, 6.07) is 1.46. The zero-order valence-corrected chi connectivity index (χ0v) is 14.3. The van der Waals surface area contributed by atoms with Gasteiger partial charge in [0.05, 0.1) is 0 Å². The molecule has 1 aromatic carbocycles. The van der Waals surface area contributed by atoms with Crippen LogP contribution in [0.4, 0.5) is 13.2 Å². The number of hydrogen-bond acceptors (Lipinski definition) is 3. The first-order chi connectivity index (χ1) is 11.8. The molecule has 1 aromatic rings. The minimum absolute atomic E-state index is 0.00453. The van der Waals surface area contributed by atoms with Crippen molar-refractivity contribution in [3.8, 4) is 0 Å². The summed E-state index contributed by atoms with van der Waals surface area (Å²) in [5, 5.41) is 0. The van der Waals surface area contributed by atoms with Crippen LogP contribution in [0.15, 0.2) is 17.0 Å². The molecule has 1 amide bonds. The summed E-state index contributed by atoms with van der Waals surface area (Å²) >= 11 is 0. The third-order valence-corrected chi connectivity index (χ3v) is 6.30. The number of carbonyl (C=O) groups is 1. The molecule has 1 heterocycles. The quantitative estimate of drug-likeness (QED) is 0.801. The number of rotatable bonds is 5. The third-order valence-electron chi connectivity index (χ3n) is 4.86. The van der Waals surface area contributed by atoms with E-state index in [2.05, 4.69) is 4.72 Å². The second-order valence-electron chi connectivity index (χ2n) is 6.58. The van der Waals surface area contributed by atoms with E-state index in [9.17, 15) is 26.4 Å². The molecule has 9 heteroatoms. The summed E-state index contributed by atoms with van der Waals surface area (Å²) in [5.41, 5.74) is 0. The van der Waals surface area contributed by atoms with Crippen LogP contribution in [-0.2, 0) is 14.8 Å². The van der Waals surface area contributed by atoms with E-state index in [-0.39, 0.29) is 30.8 Å². The highest BCUT2D eigenvalue weighted by molar-refractivity contribution is 7.89. The van der Waals surface area contributed by atoms with Gasteiger partial charge in [0.15, 0.2) is 17.5 Å². The minimum atomic E-state index is -4.33. The highest BCUT2D eigenvalue weighted by Crippen LogP contribution is 2.29. The van der Waals surface area contributed by atoms with Crippen LogP contribution in [0.25, 0.3) is 0 Å². The lowest BCUT2D eigenvalue weighted by Crippen LogP contribution is -2.36. The smallest absolute Gasteiger partial charge is 0.243 e. The molecule has 2 fully saturated rings. The molecule has 5 nitrogen and oxygen atoms in total. The van der Waals surface area contributed by atoms with Gasteiger partial charge in [-0.3, -0.25) is 4.79 Å². The Bertz CT molecular complexity index is 779. The molecule has 1 saturated heterocycles. The van der Waals surface area contributed by atoms with Gasteiger partial charge in [0.25, 0.3) is 0 Å². The van der Waals surface area contributed by atoms with E-state index in [0.29, 0.717) is 18.7 Å². The number of benzene rings is 1. The van der Waals surface area contributed by atoms with E-state index in [4.69, 9.17) is 0 Å². The largest absolute Gasteiger partial charge is 0.339 e. The summed E-state index contributed by atoms with van der Waals surface area (Å²) in [7, 11) is -4.33. The lowest BCUT2D eigenvalue weighted by atomic mass is 10.1. The van der Waals surface area contributed by atoms with Crippen LogP contribution in [-0.4, -0.2) is 38.4 Å². The van der Waals surface area contributed by atoms with Crippen molar-refractivity contribution in [2.45, 2.75) is 43.0 Å². The van der Waals surface area contributed by atoms with Crippen molar-refractivity contribution in [2.24, 2.45) is 5.92 Å². The van der Waals surface area contributed by atoms with Crippen LogP contribution < -0.4 is 4.72 Å². The number of halogens is 3. The van der Waals surface area contributed by atoms with E-state index >= 15 is 0 Å². The van der Waals surface area contributed by atoms with Gasteiger partial charge >= 0.3 is 0 Å². The van der Waals surface area contributed by atoms with Gasteiger partial charge in [-0.25, -0.2) is 26.3 Å². The fourth-order valence-electron chi connectivity index (χ4n) is 3.54. The number of nitrogens with zero attached hydrogens (tertiary/aromatic N) is 1. The zero-order chi connectivity index (χ0) is 18.2. The number of carbonyl (C=O) groups excluding carboxylic acids is 1. The summed E-state index contributed by atoms with van der Waals surface area (Å²) in [4.78, 5) is 13.0. The normalized spacial score (nSPS) is 22.1. The number of hydrogen-bond donors (Lipinski definition) is 1. The first-order valence-corrected chi connectivity index (χ1v) is 9.70. The Hall–Kier alpha value is -1.61. The van der Waals surface area contributed by atoms with Crippen molar-refractivity contribution >= 4 is 15.9 Å². The molecule has 0 bridgehead atoms. The average molecular weight is 376 g/mol. The SMILES string of the molecule is O=C1C[C@@H](CNS(=O)(=O)c2ccc(F)c(F)c2F)CN1C1CCCC1. The van der Waals surface area contributed by atoms with Crippen LogP contribution in [0.2, 0.25) is 0 Å². The summed E-state index contributed by atoms with van der Waals surface area (Å²) in [5.74, 6) is -5.26. The summed E-state index contributed by atoms with van der Waals surface area (Å²) < 4.78 is 66.4. The molecule has 0 spiro atoms. The van der Waals surface area contributed by atoms with Gasteiger partial charge < -0.3 is 4.90 Å². The van der Waals surface area contributed by atoms with E-state index in [1.807, 2.05) is 0 Å². The molecule has 1 N–H and O–H groups in total. The fourth-order valence-corrected chi connectivity index (χ4v) is 4.72. The van der Waals surface area contributed by atoms with Gasteiger partial charge in [0.1, 0.15) is 4.90 Å². The zero-order valence-electron chi connectivity index (χ0n) is 13.5. The Morgan fingerprint density at radius 3 is 2.48 bits per heavy atom. The van der Waals surface area contributed by atoms with Gasteiger partial charge in [-0.1, -0.05) is 12.8 Å². The van der Waals surface area contributed by atoms with Crippen LogP contribution in [0, 0.1) is 23.4 Å². The van der Waals surface area contributed by atoms with Gasteiger partial charge in [0, 0.05) is 25.6 Å². The molecule has 1 aliphatic heterocycles. The molecule has 0 aromatic heterocycles. The Balaban J connectivity index is 1.65. The molecule has 0 radical (unpaired) electrons. The Kier molecular flexibility index (Phi) is 5.06. The third kappa shape index (κ3) is 3.67. The maximum Gasteiger partial charge on any atom is 0.243 e. The standard InChI is InChI=1S/C16H19F3N2O3S/c17-12-5-6-13(16(19)15(12)18)25(23,24)20-8-10-7-14(22)21(9-10)11-3-1-2-4-11/h5-6,10-11,20H,1-4,7-9H2/t10-/m0/s1. The number of sulfonamides is 1. The highest BCUT2D eigenvalue weighted by Gasteiger charge is 2.36. The number of nitrogens with one attached hydrogen (secondary N) is 1. The van der Waals surface area contributed by atoms with Crippen LogP contribution >= 0.6 is 0 Å². The minimum Gasteiger partial charge on any atom is -0.339 e. The summed E-state index contributed by atoms with van der Waals surface area (Å²) in [6.45, 7) is 0.391. The molecule has 3 rings (SSSR count). The fraction of sp³-hybridized carbons (Fsp3) is 0.562. The molecule has 1 aliphatic carbocycles. The Morgan fingerprint density at radius 1 is 1.12 bits per heavy atom. The number of likely N-dealkylation sites (tertiary alicyclic amines) is 1. The first-order valence-electron chi connectivity index (χ1n) is 8.22. The topological polar surface area (TPSA) is 66.5 Å². The molecule has 1 saturated carbocycles. The molecule has 25 heavy (non-hydrogen) atoms. The van der Waals surface area contributed by atoms with Crippen molar-refractivity contribution in [1.82, 2.24) is 9.62 Å². The molecular formula is C16H19F3N2O3S. The van der Waals surface area contributed by atoms with Gasteiger partial charge in [-0.2, -0.15) is 0 Å². The van der Waals surface area contributed by atoms with Crippen molar-refractivity contribution < 1.29 is 26.4 Å². The van der Waals surface area contributed by atoms with E-state index in [1.165, 1.54) is 0 Å². The molecular weight excluding hydrogens is 357 g/mol. The lowest BCUT2D eigenvalue weighted by Gasteiger charge is -2.24. The van der Waals surface area contributed by atoms with Crippen molar-refractivity contribution in [3.05, 3.63) is 29.6 Å². The Morgan fingerprint density at radius 2 is 1.80 bits per heavy atom. The highest BCUT2D eigenvalue weighted by atomic mass is 32.2. The van der Waals surface area contributed by atoms with Crippen molar-refractivity contribution in [1.29, 1.82) is 0 Å². The lowest BCUT2D eigenvalue weighted by molar-refractivity contribution is -0.129. The second-order valence-corrected chi connectivity index (χ2v) is 8.32. The van der Waals surface area contributed by atoms with E-state index in [0.717, 1.165) is 25.7 Å². The predicted octanol–water partition coefficient (Wildman–Crippen LogP) is 2.17. The van der Waals surface area contributed by atoms with Crippen molar-refractivity contribution in [2.75, 3.05) is 13.1 Å². The monoisotopic (exact) mass is 376 g/mol. The molecule has 1 atom stereocenters.